The molecule has 4 heteroatoms. The van der Waals surface area contributed by atoms with E-state index in [1.54, 1.807) is 0 Å². The second kappa shape index (κ2) is 8.53. The number of aryl methyl sites for hydroxylation is 1. The van der Waals surface area contributed by atoms with Gasteiger partial charge in [-0.15, -0.1) is 0 Å². The summed E-state index contributed by atoms with van der Waals surface area (Å²) in [6.45, 7) is 6.90. The van der Waals surface area contributed by atoms with Gasteiger partial charge in [-0.1, -0.05) is 37.3 Å². The van der Waals surface area contributed by atoms with E-state index in [0.29, 0.717) is 11.7 Å². The average Bonchev–Trinajstić information content (AvgIpc) is 2.54. The van der Waals surface area contributed by atoms with E-state index >= 15 is 0 Å². The van der Waals surface area contributed by atoms with Crippen molar-refractivity contribution in [2.75, 3.05) is 11.9 Å². The van der Waals surface area contributed by atoms with Crippen LogP contribution < -0.4 is 15.4 Å². The highest BCUT2D eigenvalue weighted by molar-refractivity contribution is 7.80. The summed E-state index contributed by atoms with van der Waals surface area (Å²) in [5.41, 5.74) is 3.48. The molecule has 0 heterocycles. The minimum absolute atomic E-state index is 0.200. The smallest absolute Gasteiger partial charge is 0.171 e. The maximum absolute atomic E-state index is 5.51. The highest BCUT2D eigenvalue weighted by Crippen LogP contribution is 2.21. The van der Waals surface area contributed by atoms with Gasteiger partial charge in [-0.2, -0.15) is 0 Å². The van der Waals surface area contributed by atoms with Gasteiger partial charge in [0.2, 0.25) is 0 Å². The standard InChI is InChI=1S/C19H24N2OS/c1-4-18(17-12-7-6-9-14(17)3)21-19(23)20-15-10-8-11-16(13-15)22-5-2/h6-13,18H,4-5H2,1-3H3,(H2,20,21,23)/t18-/m1/s1. The van der Waals surface area contributed by atoms with Gasteiger partial charge < -0.3 is 15.4 Å². The van der Waals surface area contributed by atoms with Gasteiger partial charge >= 0.3 is 0 Å². The third-order valence-corrected chi connectivity index (χ3v) is 3.90. The molecular weight excluding hydrogens is 304 g/mol. The van der Waals surface area contributed by atoms with E-state index in [9.17, 15) is 0 Å². The van der Waals surface area contributed by atoms with Gasteiger partial charge in [-0.3, -0.25) is 0 Å². The number of rotatable bonds is 6. The Labute approximate surface area is 144 Å². The predicted molar refractivity (Wildman–Crippen MR) is 101 cm³/mol. The van der Waals surface area contributed by atoms with E-state index in [1.165, 1.54) is 11.1 Å². The molecule has 0 fully saturated rings. The Morgan fingerprint density at radius 3 is 2.61 bits per heavy atom. The van der Waals surface area contributed by atoms with Crippen molar-refractivity contribution >= 4 is 23.0 Å². The molecule has 3 nitrogen and oxygen atoms in total. The lowest BCUT2D eigenvalue weighted by Gasteiger charge is -2.21. The molecule has 0 saturated heterocycles. The lowest BCUT2D eigenvalue weighted by atomic mass is 10.00. The number of anilines is 1. The molecular formula is C19H24N2OS. The van der Waals surface area contributed by atoms with Gasteiger partial charge in [0.1, 0.15) is 5.75 Å². The summed E-state index contributed by atoms with van der Waals surface area (Å²) < 4.78 is 5.51. The Morgan fingerprint density at radius 2 is 1.91 bits per heavy atom. The Kier molecular flexibility index (Phi) is 6.41. The zero-order chi connectivity index (χ0) is 16.7. The molecule has 122 valence electrons. The molecule has 23 heavy (non-hydrogen) atoms. The number of hydrogen-bond acceptors (Lipinski definition) is 2. The fraction of sp³-hybridized carbons (Fsp3) is 0.316. The minimum Gasteiger partial charge on any atom is -0.494 e. The molecule has 2 rings (SSSR count). The Balaban J connectivity index is 2.03. The van der Waals surface area contributed by atoms with Crippen molar-refractivity contribution in [3.8, 4) is 5.75 Å². The van der Waals surface area contributed by atoms with Gasteiger partial charge in [0.05, 0.1) is 12.6 Å². The summed E-state index contributed by atoms with van der Waals surface area (Å²) in [6.07, 6.45) is 0.964. The fourth-order valence-electron chi connectivity index (χ4n) is 2.53. The molecule has 2 N–H and O–H groups in total. The SMILES string of the molecule is CCOc1cccc(NC(=S)N[C@H](CC)c2ccccc2C)c1. The molecule has 2 aromatic rings. The van der Waals surface area contributed by atoms with Crippen LogP contribution in [0.4, 0.5) is 5.69 Å². The van der Waals surface area contributed by atoms with Crippen molar-refractivity contribution in [2.45, 2.75) is 33.2 Å². The zero-order valence-electron chi connectivity index (χ0n) is 13.9. The van der Waals surface area contributed by atoms with Gasteiger partial charge in [-0.05, 0) is 55.7 Å². The van der Waals surface area contributed by atoms with Crippen molar-refractivity contribution in [3.63, 3.8) is 0 Å². The lowest BCUT2D eigenvalue weighted by molar-refractivity contribution is 0.340. The number of ether oxygens (including phenoxy) is 1. The predicted octanol–water partition coefficient (Wildman–Crippen LogP) is 4.83. The maximum Gasteiger partial charge on any atom is 0.171 e. The number of thiocarbonyl (C=S) groups is 1. The highest BCUT2D eigenvalue weighted by Gasteiger charge is 2.12. The molecule has 0 amide bonds. The Morgan fingerprint density at radius 1 is 1.13 bits per heavy atom. The molecule has 0 aliphatic rings. The molecule has 1 atom stereocenters. The number of nitrogens with one attached hydrogen (secondary N) is 2. The second-order valence-electron chi connectivity index (χ2n) is 5.38. The van der Waals surface area contributed by atoms with Crippen LogP contribution >= 0.6 is 12.2 Å². The quantitative estimate of drug-likeness (QED) is 0.744. The number of hydrogen-bond donors (Lipinski definition) is 2. The van der Waals surface area contributed by atoms with E-state index in [1.807, 2.05) is 31.2 Å². The van der Waals surface area contributed by atoms with Crippen LogP contribution in [0, 0.1) is 6.92 Å². The topological polar surface area (TPSA) is 33.3 Å². The zero-order valence-corrected chi connectivity index (χ0v) is 14.7. The van der Waals surface area contributed by atoms with Crippen LogP contribution in [0.5, 0.6) is 5.75 Å². The normalized spacial score (nSPS) is 11.6. The molecule has 0 saturated carbocycles. The number of benzene rings is 2. The van der Waals surface area contributed by atoms with Gasteiger partial charge in [0.25, 0.3) is 0 Å². The summed E-state index contributed by atoms with van der Waals surface area (Å²) in [5, 5.41) is 7.26. The maximum atomic E-state index is 5.51. The van der Waals surface area contributed by atoms with Crippen LogP contribution in [0.2, 0.25) is 0 Å². The van der Waals surface area contributed by atoms with Crippen molar-refractivity contribution in [1.82, 2.24) is 5.32 Å². The summed E-state index contributed by atoms with van der Waals surface area (Å²) >= 11 is 5.47. The Hall–Kier alpha value is -2.07. The minimum atomic E-state index is 0.200. The Bertz CT molecular complexity index is 657. The first-order chi connectivity index (χ1) is 11.1. The first-order valence-electron chi connectivity index (χ1n) is 8.00. The summed E-state index contributed by atoms with van der Waals surface area (Å²) in [6, 6.07) is 16.4. The molecule has 0 radical (unpaired) electrons. The largest absolute Gasteiger partial charge is 0.494 e. The van der Waals surface area contributed by atoms with Gasteiger partial charge in [0.15, 0.2) is 5.11 Å². The molecule has 0 unspecified atom stereocenters. The van der Waals surface area contributed by atoms with Gasteiger partial charge in [-0.25, -0.2) is 0 Å². The summed E-state index contributed by atoms with van der Waals surface area (Å²) in [7, 11) is 0. The highest BCUT2D eigenvalue weighted by atomic mass is 32.1. The molecule has 0 aliphatic heterocycles. The second-order valence-corrected chi connectivity index (χ2v) is 5.78. The lowest BCUT2D eigenvalue weighted by Crippen LogP contribution is -2.32. The van der Waals surface area contributed by atoms with E-state index in [4.69, 9.17) is 17.0 Å². The van der Waals surface area contributed by atoms with E-state index in [-0.39, 0.29) is 6.04 Å². The molecule has 0 bridgehead atoms. The van der Waals surface area contributed by atoms with Crippen molar-refractivity contribution in [2.24, 2.45) is 0 Å². The first kappa shape index (κ1) is 17.3. The van der Waals surface area contributed by atoms with Crippen LogP contribution in [-0.2, 0) is 0 Å². The molecule has 0 spiro atoms. The van der Waals surface area contributed by atoms with Crippen molar-refractivity contribution in [1.29, 1.82) is 0 Å². The van der Waals surface area contributed by atoms with Crippen molar-refractivity contribution in [3.05, 3.63) is 59.7 Å². The third-order valence-electron chi connectivity index (χ3n) is 3.68. The van der Waals surface area contributed by atoms with Crippen LogP contribution in [0.15, 0.2) is 48.5 Å². The summed E-state index contributed by atoms with van der Waals surface area (Å²) in [4.78, 5) is 0. The molecule has 2 aromatic carbocycles. The average molecular weight is 328 g/mol. The van der Waals surface area contributed by atoms with Crippen LogP contribution in [0.1, 0.15) is 37.4 Å². The monoisotopic (exact) mass is 328 g/mol. The first-order valence-corrected chi connectivity index (χ1v) is 8.40. The van der Waals surface area contributed by atoms with Gasteiger partial charge in [0, 0.05) is 11.8 Å². The fourth-order valence-corrected chi connectivity index (χ4v) is 2.79. The van der Waals surface area contributed by atoms with Crippen LogP contribution in [0.3, 0.4) is 0 Å². The van der Waals surface area contributed by atoms with E-state index in [0.717, 1.165) is 17.9 Å². The third kappa shape index (κ3) is 4.96. The van der Waals surface area contributed by atoms with Crippen LogP contribution in [0.25, 0.3) is 0 Å². The molecule has 0 aliphatic carbocycles. The van der Waals surface area contributed by atoms with Crippen molar-refractivity contribution < 1.29 is 4.74 Å². The van der Waals surface area contributed by atoms with E-state index in [2.05, 4.69) is 48.7 Å². The van der Waals surface area contributed by atoms with Crippen LogP contribution in [-0.4, -0.2) is 11.7 Å². The summed E-state index contributed by atoms with van der Waals surface area (Å²) in [5.74, 6) is 0.839. The molecule has 0 aromatic heterocycles. The van der Waals surface area contributed by atoms with E-state index < -0.39 is 0 Å².